The molecule has 1 aromatic carbocycles. The van der Waals surface area contributed by atoms with Crippen molar-refractivity contribution in [2.24, 2.45) is 0 Å². The van der Waals surface area contributed by atoms with Crippen molar-refractivity contribution in [2.45, 2.75) is 52.2 Å². The highest BCUT2D eigenvalue weighted by atomic mass is 15.2. The van der Waals surface area contributed by atoms with E-state index in [0.717, 1.165) is 13.1 Å². The molecule has 1 fully saturated rings. The van der Waals surface area contributed by atoms with Crippen LogP contribution in [0.1, 0.15) is 37.8 Å². The lowest BCUT2D eigenvalue weighted by Gasteiger charge is -2.39. The topological polar surface area (TPSA) is 15.3 Å². The number of nitrogens with one attached hydrogen (secondary N) is 1. The van der Waals surface area contributed by atoms with Gasteiger partial charge in [0.25, 0.3) is 0 Å². The molecule has 2 heteroatoms. The van der Waals surface area contributed by atoms with E-state index in [1.54, 1.807) is 0 Å². The van der Waals surface area contributed by atoms with Crippen molar-refractivity contribution in [3.63, 3.8) is 0 Å². The first-order valence-corrected chi connectivity index (χ1v) is 7.22. The van der Waals surface area contributed by atoms with Gasteiger partial charge in [0.05, 0.1) is 0 Å². The molecule has 2 unspecified atom stereocenters. The molecule has 0 radical (unpaired) electrons. The maximum atomic E-state index is 3.61. The monoisotopic (exact) mass is 246 g/mol. The minimum Gasteiger partial charge on any atom is -0.311 e. The Bertz CT molecular complexity index is 375. The zero-order chi connectivity index (χ0) is 13.0. The fourth-order valence-electron chi connectivity index (χ4n) is 2.85. The Balaban J connectivity index is 2.06. The molecule has 0 amide bonds. The van der Waals surface area contributed by atoms with Crippen LogP contribution in [0.15, 0.2) is 24.3 Å². The fourth-order valence-corrected chi connectivity index (χ4v) is 2.85. The predicted molar refractivity (Wildman–Crippen MR) is 77.7 cm³/mol. The van der Waals surface area contributed by atoms with Crippen molar-refractivity contribution < 1.29 is 0 Å². The third kappa shape index (κ3) is 3.33. The van der Waals surface area contributed by atoms with Crippen molar-refractivity contribution in [2.75, 3.05) is 13.1 Å². The first-order chi connectivity index (χ1) is 8.70. The van der Waals surface area contributed by atoms with E-state index in [0.29, 0.717) is 12.1 Å². The van der Waals surface area contributed by atoms with Crippen LogP contribution in [0.2, 0.25) is 0 Å². The van der Waals surface area contributed by atoms with Gasteiger partial charge < -0.3 is 5.32 Å². The van der Waals surface area contributed by atoms with Gasteiger partial charge in [0.2, 0.25) is 0 Å². The van der Waals surface area contributed by atoms with E-state index in [1.165, 1.54) is 30.5 Å². The number of piperazine rings is 1. The first kappa shape index (κ1) is 13.6. The molecular weight excluding hydrogens is 220 g/mol. The summed E-state index contributed by atoms with van der Waals surface area (Å²) in [4.78, 5) is 2.66. The number of benzene rings is 1. The summed E-state index contributed by atoms with van der Waals surface area (Å²) < 4.78 is 0. The summed E-state index contributed by atoms with van der Waals surface area (Å²) in [7, 11) is 0. The largest absolute Gasteiger partial charge is 0.311 e. The van der Waals surface area contributed by atoms with Crippen molar-refractivity contribution in [3.8, 4) is 0 Å². The summed E-state index contributed by atoms with van der Waals surface area (Å²) in [6, 6.07) is 10.1. The maximum absolute atomic E-state index is 3.61. The molecule has 18 heavy (non-hydrogen) atoms. The summed E-state index contributed by atoms with van der Waals surface area (Å²) in [6.07, 6.45) is 2.57. The molecule has 0 saturated carbocycles. The lowest BCUT2D eigenvalue weighted by molar-refractivity contribution is 0.120. The van der Waals surface area contributed by atoms with Crippen LogP contribution < -0.4 is 5.32 Å². The van der Waals surface area contributed by atoms with Gasteiger partial charge in [-0.1, -0.05) is 37.6 Å². The van der Waals surface area contributed by atoms with E-state index in [9.17, 15) is 0 Å². The summed E-state index contributed by atoms with van der Waals surface area (Å²) in [5.74, 6) is 0. The average molecular weight is 246 g/mol. The van der Waals surface area contributed by atoms with Crippen molar-refractivity contribution in [1.29, 1.82) is 0 Å². The van der Waals surface area contributed by atoms with Gasteiger partial charge in [-0.15, -0.1) is 0 Å². The molecule has 1 aliphatic heterocycles. The second-order valence-corrected chi connectivity index (χ2v) is 5.61. The third-order valence-corrected chi connectivity index (χ3v) is 3.98. The van der Waals surface area contributed by atoms with Crippen LogP contribution in [0, 0.1) is 6.92 Å². The quantitative estimate of drug-likeness (QED) is 0.878. The summed E-state index contributed by atoms with van der Waals surface area (Å²) in [5.41, 5.74) is 2.90. The van der Waals surface area contributed by atoms with Crippen molar-refractivity contribution in [1.82, 2.24) is 10.2 Å². The van der Waals surface area contributed by atoms with E-state index in [-0.39, 0.29) is 0 Å². The molecular formula is C16H26N2. The van der Waals surface area contributed by atoms with E-state index in [4.69, 9.17) is 0 Å². The van der Waals surface area contributed by atoms with Crippen LogP contribution in [0.5, 0.6) is 0 Å². The van der Waals surface area contributed by atoms with Crippen molar-refractivity contribution >= 4 is 0 Å². The first-order valence-electron chi connectivity index (χ1n) is 7.22. The molecule has 100 valence electrons. The zero-order valence-electron chi connectivity index (χ0n) is 11.9. The number of aryl methyl sites for hydroxylation is 1. The lowest BCUT2D eigenvalue weighted by Crippen LogP contribution is -2.54. The van der Waals surface area contributed by atoms with Gasteiger partial charge in [0.1, 0.15) is 0 Å². The maximum Gasteiger partial charge on any atom is 0.0240 e. The molecule has 0 spiro atoms. The number of hydrogen-bond donors (Lipinski definition) is 1. The van der Waals surface area contributed by atoms with Gasteiger partial charge in [-0.2, -0.15) is 0 Å². The standard InChI is InChI=1S/C16H26N2/c1-4-7-16-10-17-14(3)11-18(16)12-15-9-6-5-8-13(15)2/h5-6,8-9,14,16-17H,4,7,10-12H2,1-3H3. The Hall–Kier alpha value is -0.860. The molecule has 0 aliphatic carbocycles. The Kier molecular flexibility index (Phi) is 4.79. The summed E-state index contributed by atoms with van der Waals surface area (Å²) in [5, 5.41) is 3.61. The molecule has 2 rings (SSSR count). The second kappa shape index (κ2) is 6.35. The Morgan fingerprint density at radius 1 is 1.33 bits per heavy atom. The summed E-state index contributed by atoms with van der Waals surface area (Å²) >= 11 is 0. The predicted octanol–water partition coefficient (Wildman–Crippen LogP) is 2.96. The van der Waals surface area contributed by atoms with E-state index < -0.39 is 0 Å². The summed E-state index contributed by atoms with van der Waals surface area (Å²) in [6.45, 7) is 10.2. The van der Waals surface area contributed by atoms with Crippen LogP contribution in [-0.4, -0.2) is 30.1 Å². The van der Waals surface area contributed by atoms with Crippen LogP contribution >= 0.6 is 0 Å². The molecule has 0 bridgehead atoms. The highest BCUT2D eigenvalue weighted by molar-refractivity contribution is 5.25. The van der Waals surface area contributed by atoms with Gasteiger partial charge >= 0.3 is 0 Å². The van der Waals surface area contributed by atoms with Gasteiger partial charge in [-0.25, -0.2) is 0 Å². The molecule has 0 aromatic heterocycles. The van der Waals surface area contributed by atoms with Crippen LogP contribution in [0.25, 0.3) is 0 Å². The minimum absolute atomic E-state index is 0.613. The number of rotatable bonds is 4. The lowest BCUT2D eigenvalue weighted by atomic mass is 10.0. The molecule has 1 aromatic rings. The fraction of sp³-hybridized carbons (Fsp3) is 0.625. The average Bonchev–Trinajstić information content (AvgIpc) is 2.36. The zero-order valence-corrected chi connectivity index (χ0v) is 11.9. The molecule has 2 atom stereocenters. The normalized spacial score (nSPS) is 25.3. The Labute approximate surface area is 111 Å². The smallest absolute Gasteiger partial charge is 0.0240 e. The highest BCUT2D eigenvalue weighted by Crippen LogP contribution is 2.18. The molecule has 2 nitrogen and oxygen atoms in total. The van der Waals surface area contributed by atoms with E-state index in [1.807, 2.05) is 0 Å². The molecule has 1 N–H and O–H groups in total. The Morgan fingerprint density at radius 3 is 2.83 bits per heavy atom. The van der Waals surface area contributed by atoms with Gasteiger partial charge in [0.15, 0.2) is 0 Å². The highest BCUT2D eigenvalue weighted by Gasteiger charge is 2.25. The minimum atomic E-state index is 0.613. The SMILES string of the molecule is CCCC1CNC(C)CN1Cc1ccccc1C. The molecule has 1 heterocycles. The number of hydrogen-bond acceptors (Lipinski definition) is 2. The molecule has 1 aliphatic rings. The Morgan fingerprint density at radius 2 is 2.11 bits per heavy atom. The van der Waals surface area contributed by atoms with Gasteiger partial charge in [0, 0.05) is 31.7 Å². The van der Waals surface area contributed by atoms with Crippen LogP contribution in [0.3, 0.4) is 0 Å². The van der Waals surface area contributed by atoms with Crippen LogP contribution in [-0.2, 0) is 6.54 Å². The number of nitrogens with zero attached hydrogens (tertiary/aromatic N) is 1. The third-order valence-electron chi connectivity index (χ3n) is 3.98. The van der Waals surface area contributed by atoms with E-state index in [2.05, 4.69) is 55.3 Å². The van der Waals surface area contributed by atoms with Crippen molar-refractivity contribution in [3.05, 3.63) is 35.4 Å². The van der Waals surface area contributed by atoms with Gasteiger partial charge in [-0.05, 0) is 31.4 Å². The van der Waals surface area contributed by atoms with E-state index >= 15 is 0 Å². The molecule has 1 saturated heterocycles. The van der Waals surface area contributed by atoms with Crippen LogP contribution in [0.4, 0.5) is 0 Å². The second-order valence-electron chi connectivity index (χ2n) is 5.61. The van der Waals surface area contributed by atoms with Gasteiger partial charge in [-0.3, -0.25) is 4.90 Å².